The normalized spacial score (nSPS) is 12.1. The van der Waals surface area contributed by atoms with Crippen molar-refractivity contribution >= 4 is 17.2 Å². The van der Waals surface area contributed by atoms with Crippen LogP contribution in [0.15, 0.2) is 85.0 Å². The van der Waals surface area contributed by atoms with Crippen molar-refractivity contribution in [2.24, 2.45) is 0 Å². The molecule has 0 saturated heterocycles. The molecule has 4 heteroatoms. The van der Waals surface area contributed by atoms with Crippen LogP contribution >= 0.6 is 11.6 Å². The summed E-state index contributed by atoms with van der Waals surface area (Å²) in [6.07, 6.45) is 6.37. The second-order valence-corrected chi connectivity index (χ2v) is 6.83. The van der Waals surface area contributed by atoms with Crippen molar-refractivity contribution in [1.82, 2.24) is 15.0 Å². The van der Waals surface area contributed by atoms with Crippen molar-refractivity contribution in [3.8, 4) is 11.4 Å². The van der Waals surface area contributed by atoms with Crippen LogP contribution in [0, 0.1) is 6.92 Å². The maximum Gasteiger partial charge on any atom is 0.226 e. The summed E-state index contributed by atoms with van der Waals surface area (Å²) in [4.78, 5) is 13.3. The molecule has 0 fully saturated rings. The van der Waals surface area contributed by atoms with E-state index in [1.807, 2.05) is 48.5 Å². The smallest absolute Gasteiger partial charge is 0.213 e. The van der Waals surface area contributed by atoms with Gasteiger partial charge in [0.15, 0.2) is 5.82 Å². The third-order valence-corrected chi connectivity index (χ3v) is 4.57. The molecule has 0 spiro atoms. The van der Waals surface area contributed by atoms with E-state index in [1.165, 1.54) is 11.1 Å². The lowest BCUT2D eigenvalue weighted by molar-refractivity contribution is 0.916. The lowest BCUT2D eigenvalue weighted by Gasteiger charge is -2.12. The number of benzene rings is 2. The molecular weight excluding hydrogens is 366 g/mol. The number of hydrogen-bond acceptors (Lipinski definition) is 3. The molecule has 140 valence electrons. The van der Waals surface area contributed by atoms with Crippen LogP contribution in [0.3, 0.4) is 0 Å². The van der Waals surface area contributed by atoms with Gasteiger partial charge in [0, 0.05) is 12.0 Å². The molecule has 0 aliphatic heterocycles. The van der Waals surface area contributed by atoms with E-state index in [0.29, 0.717) is 18.1 Å². The number of nitrogens with zero attached hydrogens (tertiary/aromatic N) is 3. The van der Waals surface area contributed by atoms with E-state index in [9.17, 15) is 0 Å². The molecule has 0 bridgehead atoms. The highest BCUT2D eigenvalue weighted by molar-refractivity contribution is 6.28. The zero-order valence-electron chi connectivity index (χ0n) is 16.1. The molecule has 0 N–H and O–H groups in total. The molecule has 3 aromatic rings. The Balaban J connectivity index is 2.02. The number of rotatable bonds is 6. The summed E-state index contributed by atoms with van der Waals surface area (Å²) in [6, 6.07) is 18.1. The first-order valence-electron chi connectivity index (χ1n) is 9.09. The molecule has 1 heterocycles. The average molecular weight is 388 g/mol. The summed E-state index contributed by atoms with van der Waals surface area (Å²) < 4.78 is 0. The third kappa shape index (κ3) is 4.81. The predicted molar refractivity (Wildman–Crippen MR) is 117 cm³/mol. The summed E-state index contributed by atoms with van der Waals surface area (Å²) in [7, 11) is 0. The predicted octanol–water partition coefficient (Wildman–Crippen LogP) is 6.26. The van der Waals surface area contributed by atoms with Crippen molar-refractivity contribution < 1.29 is 0 Å². The number of halogens is 1. The number of hydrogen-bond donors (Lipinski definition) is 0. The van der Waals surface area contributed by atoms with Crippen molar-refractivity contribution in [3.05, 3.63) is 107 Å². The van der Waals surface area contributed by atoms with E-state index >= 15 is 0 Å². The maximum absolute atomic E-state index is 6.18. The van der Waals surface area contributed by atoms with Gasteiger partial charge in [-0.3, -0.25) is 0 Å². The molecule has 0 aliphatic carbocycles. The van der Waals surface area contributed by atoms with Gasteiger partial charge in [0.2, 0.25) is 5.28 Å². The van der Waals surface area contributed by atoms with Crippen LogP contribution in [-0.4, -0.2) is 15.0 Å². The minimum Gasteiger partial charge on any atom is -0.213 e. The van der Waals surface area contributed by atoms with E-state index in [0.717, 1.165) is 16.7 Å². The van der Waals surface area contributed by atoms with Gasteiger partial charge in [-0.2, -0.15) is 4.98 Å². The van der Waals surface area contributed by atoms with Crippen LogP contribution in [0.5, 0.6) is 0 Å². The standard InChI is InChI=1S/C24H22ClN3/c1-4-5-14-21(20-15-10-9-11-17(20)2)18(3)16-22-26-23(28-24(25)27-22)19-12-7-6-8-13-19/h4-15H,1,16H2,2-3H3/b14-5-,21-18+. The highest BCUT2D eigenvalue weighted by Crippen LogP contribution is 2.26. The third-order valence-electron chi connectivity index (χ3n) is 4.40. The first-order valence-corrected chi connectivity index (χ1v) is 9.47. The highest BCUT2D eigenvalue weighted by atomic mass is 35.5. The lowest BCUT2D eigenvalue weighted by atomic mass is 9.94. The molecular formula is C24H22ClN3. The zero-order valence-corrected chi connectivity index (χ0v) is 16.8. The molecule has 0 atom stereocenters. The fraction of sp³-hybridized carbons (Fsp3) is 0.125. The maximum atomic E-state index is 6.18. The van der Waals surface area contributed by atoms with Gasteiger partial charge in [0.05, 0.1) is 0 Å². The van der Waals surface area contributed by atoms with Gasteiger partial charge in [-0.1, -0.05) is 85.0 Å². The van der Waals surface area contributed by atoms with Gasteiger partial charge in [-0.05, 0) is 42.1 Å². The minimum absolute atomic E-state index is 0.204. The van der Waals surface area contributed by atoms with Crippen LogP contribution in [0.2, 0.25) is 5.28 Å². The zero-order chi connectivity index (χ0) is 19.9. The van der Waals surface area contributed by atoms with Crippen LogP contribution in [-0.2, 0) is 6.42 Å². The van der Waals surface area contributed by atoms with E-state index < -0.39 is 0 Å². The van der Waals surface area contributed by atoms with Gasteiger partial charge < -0.3 is 0 Å². The molecule has 0 saturated carbocycles. The Labute approximate surface area is 171 Å². The van der Waals surface area contributed by atoms with E-state index in [2.05, 4.69) is 53.6 Å². The van der Waals surface area contributed by atoms with Crippen LogP contribution in [0.25, 0.3) is 17.0 Å². The van der Waals surface area contributed by atoms with E-state index in [4.69, 9.17) is 11.6 Å². The SMILES string of the molecule is C=C/C=C\C(=C(\C)Cc1nc(Cl)nc(-c2ccccc2)n1)c1ccccc1C. The number of aromatic nitrogens is 3. The molecule has 2 aromatic carbocycles. The molecule has 0 unspecified atom stereocenters. The second kappa shape index (κ2) is 9.25. The number of allylic oxidation sites excluding steroid dienone is 5. The summed E-state index contributed by atoms with van der Waals surface area (Å²) in [5.41, 5.74) is 5.59. The summed E-state index contributed by atoms with van der Waals surface area (Å²) in [6.45, 7) is 7.99. The van der Waals surface area contributed by atoms with Crippen molar-refractivity contribution in [2.75, 3.05) is 0 Å². The van der Waals surface area contributed by atoms with Crippen LogP contribution in [0.1, 0.15) is 23.9 Å². The average Bonchev–Trinajstić information content (AvgIpc) is 2.70. The Morgan fingerprint density at radius 2 is 1.71 bits per heavy atom. The molecule has 3 rings (SSSR count). The van der Waals surface area contributed by atoms with Gasteiger partial charge in [0.25, 0.3) is 0 Å². The fourth-order valence-corrected chi connectivity index (χ4v) is 3.20. The van der Waals surface area contributed by atoms with Gasteiger partial charge >= 0.3 is 0 Å². The van der Waals surface area contributed by atoms with Crippen LogP contribution in [0.4, 0.5) is 0 Å². The van der Waals surface area contributed by atoms with Crippen molar-refractivity contribution in [1.29, 1.82) is 0 Å². The topological polar surface area (TPSA) is 38.7 Å². The van der Waals surface area contributed by atoms with Gasteiger partial charge in [0.1, 0.15) is 5.82 Å². The quantitative estimate of drug-likeness (QED) is 0.468. The largest absolute Gasteiger partial charge is 0.226 e. The Hall–Kier alpha value is -3.04. The molecule has 3 nitrogen and oxygen atoms in total. The van der Waals surface area contributed by atoms with Crippen LogP contribution < -0.4 is 0 Å². The van der Waals surface area contributed by atoms with E-state index in [1.54, 1.807) is 6.08 Å². The molecule has 1 aromatic heterocycles. The first kappa shape index (κ1) is 19.7. The molecule has 0 aliphatic rings. The summed E-state index contributed by atoms with van der Waals surface area (Å²) >= 11 is 6.18. The number of aryl methyl sites for hydroxylation is 1. The first-order chi connectivity index (χ1) is 13.6. The van der Waals surface area contributed by atoms with E-state index in [-0.39, 0.29) is 5.28 Å². The summed E-state index contributed by atoms with van der Waals surface area (Å²) in [5.74, 6) is 1.23. The minimum atomic E-state index is 0.204. The Bertz CT molecular complexity index is 1040. The molecule has 28 heavy (non-hydrogen) atoms. The Kier molecular flexibility index (Phi) is 6.51. The van der Waals surface area contributed by atoms with Crippen molar-refractivity contribution in [3.63, 3.8) is 0 Å². The fourth-order valence-electron chi connectivity index (χ4n) is 3.02. The van der Waals surface area contributed by atoms with Gasteiger partial charge in [-0.15, -0.1) is 0 Å². The molecule has 0 amide bonds. The Morgan fingerprint density at radius 1 is 1.00 bits per heavy atom. The summed E-state index contributed by atoms with van der Waals surface area (Å²) in [5, 5.41) is 0.204. The monoisotopic (exact) mass is 387 g/mol. The second-order valence-electron chi connectivity index (χ2n) is 6.49. The Morgan fingerprint density at radius 3 is 2.43 bits per heavy atom. The lowest BCUT2D eigenvalue weighted by Crippen LogP contribution is -2.03. The van der Waals surface area contributed by atoms with Crippen molar-refractivity contribution in [2.45, 2.75) is 20.3 Å². The van der Waals surface area contributed by atoms with Gasteiger partial charge in [-0.25, -0.2) is 9.97 Å². The molecule has 0 radical (unpaired) electrons. The highest BCUT2D eigenvalue weighted by Gasteiger charge is 2.11.